The van der Waals surface area contributed by atoms with E-state index in [1.165, 1.54) is 27.8 Å². The zero-order valence-corrected chi connectivity index (χ0v) is 17.9. The van der Waals surface area contributed by atoms with Crippen LogP contribution in [0.4, 0.5) is 4.39 Å². The third kappa shape index (κ3) is 4.86. The molecule has 0 saturated carbocycles. The molecule has 0 radical (unpaired) electrons. The molecule has 1 aromatic carbocycles. The first-order valence-electron chi connectivity index (χ1n) is 8.48. The average molecular weight is 490 g/mol. The number of benzene rings is 1. The molecule has 3 rings (SSSR count). The van der Waals surface area contributed by atoms with E-state index in [2.05, 4.69) is 15.9 Å². The number of sulfonamides is 1. The van der Waals surface area contributed by atoms with E-state index in [0.29, 0.717) is 17.7 Å². The van der Waals surface area contributed by atoms with Gasteiger partial charge < -0.3 is 4.74 Å². The topological polar surface area (TPSA) is 80.8 Å². The van der Waals surface area contributed by atoms with Crippen molar-refractivity contribution in [3.63, 3.8) is 0 Å². The highest BCUT2D eigenvalue weighted by molar-refractivity contribution is 9.11. The van der Waals surface area contributed by atoms with Crippen LogP contribution in [0.3, 0.4) is 0 Å². The van der Waals surface area contributed by atoms with E-state index >= 15 is 0 Å². The van der Waals surface area contributed by atoms with Crippen molar-refractivity contribution < 1.29 is 27.1 Å². The molecule has 0 unspecified atom stereocenters. The second-order valence-corrected chi connectivity index (χ2v) is 10.7. The van der Waals surface area contributed by atoms with E-state index in [1.807, 2.05) is 0 Å². The summed E-state index contributed by atoms with van der Waals surface area (Å²) < 4.78 is 45.4. The van der Waals surface area contributed by atoms with E-state index in [-0.39, 0.29) is 30.4 Å². The summed E-state index contributed by atoms with van der Waals surface area (Å²) in [5.41, 5.74) is 0. The largest absolute Gasteiger partial charge is 0.457 e. The molecule has 10 heteroatoms. The molecule has 0 N–H and O–H groups in total. The molecule has 2 aromatic rings. The summed E-state index contributed by atoms with van der Waals surface area (Å²) in [7, 11) is -3.73. The third-order valence-electron chi connectivity index (χ3n) is 4.43. The molecule has 0 bridgehead atoms. The number of halogens is 2. The van der Waals surface area contributed by atoms with Crippen LogP contribution in [-0.2, 0) is 19.6 Å². The first-order valence-corrected chi connectivity index (χ1v) is 11.5. The molecule has 1 saturated heterocycles. The fourth-order valence-electron chi connectivity index (χ4n) is 2.88. The number of rotatable bonds is 6. The van der Waals surface area contributed by atoms with Crippen molar-refractivity contribution in [1.82, 2.24) is 4.31 Å². The molecule has 0 spiro atoms. The first kappa shape index (κ1) is 21.1. The van der Waals surface area contributed by atoms with Crippen LogP contribution >= 0.6 is 27.3 Å². The number of ether oxygens (including phenoxy) is 1. The van der Waals surface area contributed by atoms with Gasteiger partial charge >= 0.3 is 5.97 Å². The number of carbonyl (C=O) groups excluding carboxylic acids is 2. The van der Waals surface area contributed by atoms with Crippen molar-refractivity contribution in [2.45, 2.75) is 17.7 Å². The summed E-state index contributed by atoms with van der Waals surface area (Å²) in [6, 6.07) is 8.04. The van der Waals surface area contributed by atoms with Crippen LogP contribution < -0.4 is 0 Å². The quantitative estimate of drug-likeness (QED) is 0.458. The minimum Gasteiger partial charge on any atom is -0.457 e. The molecule has 1 aliphatic heterocycles. The molecule has 150 valence electrons. The normalized spacial score (nSPS) is 16.1. The Morgan fingerprint density at radius 3 is 2.36 bits per heavy atom. The van der Waals surface area contributed by atoms with Crippen molar-refractivity contribution in [3.05, 3.63) is 50.9 Å². The van der Waals surface area contributed by atoms with Crippen LogP contribution in [0.1, 0.15) is 22.5 Å². The summed E-state index contributed by atoms with van der Waals surface area (Å²) in [5.74, 6) is -1.74. The van der Waals surface area contributed by atoms with Gasteiger partial charge in [-0.15, -0.1) is 11.3 Å². The van der Waals surface area contributed by atoms with Crippen LogP contribution in [-0.4, -0.2) is 44.2 Å². The summed E-state index contributed by atoms with van der Waals surface area (Å²) >= 11 is 4.54. The summed E-state index contributed by atoms with van der Waals surface area (Å²) in [6.45, 7) is -0.0174. The lowest BCUT2D eigenvalue weighted by molar-refractivity contribution is -0.148. The molecular weight excluding hydrogens is 473 g/mol. The van der Waals surface area contributed by atoms with Crippen molar-refractivity contribution in [3.8, 4) is 0 Å². The Hall–Kier alpha value is -1.62. The molecular formula is C18H17BrFNO5S2. The maximum Gasteiger partial charge on any atom is 0.309 e. The van der Waals surface area contributed by atoms with E-state index in [0.717, 1.165) is 15.9 Å². The lowest BCUT2D eigenvalue weighted by atomic mass is 9.98. The van der Waals surface area contributed by atoms with Crippen LogP contribution in [0.2, 0.25) is 0 Å². The zero-order chi connectivity index (χ0) is 20.3. The lowest BCUT2D eigenvalue weighted by Gasteiger charge is -2.30. The van der Waals surface area contributed by atoms with Crippen LogP contribution in [0.15, 0.2) is 45.1 Å². The Balaban J connectivity index is 1.52. The van der Waals surface area contributed by atoms with Gasteiger partial charge in [0, 0.05) is 13.1 Å². The van der Waals surface area contributed by atoms with Gasteiger partial charge in [0.15, 0.2) is 6.61 Å². The summed E-state index contributed by atoms with van der Waals surface area (Å²) in [4.78, 5) is 24.7. The number of hydrogen-bond donors (Lipinski definition) is 0. The second-order valence-electron chi connectivity index (χ2n) is 6.27. The van der Waals surface area contributed by atoms with Gasteiger partial charge in [0.2, 0.25) is 15.8 Å². The van der Waals surface area contributed by atoms with Crippen molar-refractivity contribution in [2.24, 2.45) is 5.92 Å². The molecule has 0 amide bonds. The van der Waals surface area contributed by atoms with Crippen LogP contribution in [0.25, 0.3) is 0 Å². The fraction of sp³-hybridized carbons (Fsp3) is 0.333. The van der Waals surface area contributed by atoms with Crippen molar-refractivity contribution in [1.29, 1.82) is 0 Å². The number of esters is 1. The zero-order valence-electron chi connectivity index (χ0n) is 14.6. The Labute approximate surface area is 174 Å². The van der Waals surface area contributed by atoms with Gasteiger partial charge in [-0.2, -0.15) is 4.31 Å². The van der Waals surface area contributed by atoms with Gasteiger partial charge in [-0.25, -0.2) is 12.8 Å². The predicted octanol–water partition coefficient (Wildman–Crippen LogP) is 3.48. The van der Waals surface area contributed by atoms with Gasteiger partial charge in [-0.05, 0) is 65.2 Å². The SMILES string of the molecule is O=C(COC(=O)C1CCN(S(=O)(=O)c2ccc(F)cc2)CC1)c1ccc(Br)s1. The molecule has 0 atom stereocenters. The van der Waals surface area contributed by atoms with Crippen molar-refractivity contribution in [2.75, 3.05) is 19.7 Å². The van der Waals surface area contributed by atoms with E-state index in [9.17, 15) is 22.4 Å². The summed E-state index contributed by atoms with van der Waals surface area (Å²) in [5, 5.41) is 0. The lowest BCUT2D eigenvalue weighted by Crippen LogP contribution is -2.40. The number of hydrogen-bond acceptors (Lipinski definition) is 6. The van der Waals surface area contributed by atoms with Gasteiger partial charge in [0.25, 0.3) is 0 Å². The highest BCUT2D eigenvalue weighted by atomic mass is 79.9. The number of ketones is 1. The molecule has 2 heterocycles. The molecule has 1 aromatic heterocycles. The molecule has 0 aliphatic carbocycles. The number of Topliss-reactive ketones (excluding diaryl/α,β-unsaturated/α-hetero) is 1. The Kier molecular flexibility index (Phi) is 6.64. The Morgan fingerprint density at radius 1 is 1.14 bits per heavy atom. The van der Waals surface area contributed by atoms with Crippen LogP contribution in [0.5, 0.6) is 0 Å². The number of carbonyl (C=O) groups is 2. The van der Waals surface area contributed by atoms with E-state index in [4.69, 9.17) is 4.74 Å². The minimum atomic E-state index is -3.73. The second kappa shape index (κ2) is 8.81. The molecule has 28 heavy (non-hydrogen) atoms. The maximum absolute atomic E-state index is 13.0. The van der Waals surface area contributed by atoms with Gasteiger partial charge in [0.05, 0.1) is 19.5 Å². The van der Waals surface area contributed by atoms with Crippen LogP contribution in [0, 0.1) is 11.7 Å². The number of piperidine rings is 1. The monoisotopic (exact) mass is 489 g/mol. The molecule has 6 nitrogen and oxygen atoms in total. The first-order chi connectivity index (χ1) is 13.3. The number of thiophene rings is 1. The maximum atomic E-state index is 13.0. The Bertz CT molecular complexity index is 966. The van der Waals surface area contributed by atoms with Gasteiger partial charge in [-0.3, -0.25) is 9.59 Å². The highest BCUT2D eigenvalue weighted by Crippen LogP contribution is 2.25. The molecule has 1 aliphatic rings. The van der Waals surface area contributed by atoms with Gasteiger partial charge in [0.1, 0.15) is 5.82 Å². The predicted molar refractivity (Wildman–Crippen MR) is 105 cm³/mol. The number of nitrogens with zero attached hydrogens (tertiary/aromatic N) is 1. The smallest absolute Gasteiger partial charge is 0.309 e. The van der Waals surface area contributed by atoms with E-state index < -0.39 is 27.7 Å². The summed E-state index contributed by atoms with van der Waals surface area (Å²) in [6.07, 6.45) is 0.607. The van der Waals surface area contributed by atoms with E-state index in [1.54, 1.807) is 12.1 Å². The average Bonchev–Trinajstić information content (AvgIpc) is 3.13. The fourth-order valence-corrected chi connectivity index (χ4v) is 5.66. The third-order valence-corrected chi connectivity index (χ3v) is 8.01. The molecule has 1 fully saturated rings. The minimum absolute atomic E-state index is 0.0163. The highest BCUT2D eigenvalue weighted by Gasteiger charge is 2.33. The van der Waals surface area contributed by atoms with Gasteiger partial charge in [-0.1, -0.05) is 0 Å². The Morgan fingerprint density at radius 2 is 1.79 bits per heavy atom. The standard InChI is InChI=1S/C18H17BrFNO5S2/c19-17-6-5-16(27-17)15(22)11-26-18(23)12-7-9-21(10-8-12)28(24,25)14-3-1-13(20)2-4-14/h1-6,12H,7-11H2. The van der Waals surface area contributed by atoms with Crippen molar-refractivity contribution >= 4 is 49.0 Å².